The fourth-order valence-corrected chi connectivity index (χ4v) is 3.17. The lowest BCUT2D eigenvalue weighted by Gasteiger charge is -2.37. The van der Waals surface area contributed by atoms with Gasteiger partial charge in [-0.25, -0.2) is 4.98 Å². The second-order valence-corrected chi connectivity index (χ2v) is 7.27. The van der Waals surface area contributed by atoms with Crippen molar-refractivity contribution in [2.45, 2.75) is 26.4 Å². The topological polar surface area (TPSA) is 48.5 Å². The molecule has 154 valence electrons. The van der Waals surface area contributed by atoms with Crippen molar-refractivity contribution >= 4 is 48.1 Å². The number of rotatable bonds is 5. The number of carbonyl (C=O) groups is 1. The lowest BCUT2D eigenvalue weighted by molar-refractivity contribution is 0.0595. The fraction of sp³-hybridized carbons (Fsp3) is 0.400. The van der Waals surface area contributed by atoms with E-state index in [9.17, 15) is 4.79 Å². The minimum absolute atomic E-state index is 0. The minimum atomic E-state index is 0. The first-order valence-electron chi connectivity index (χ1n) is 9.00. The van der Waals surface area contributed by atoms with E-state index in [1.165, 1.54) is 0 Å². The summed E-state index contributed by atoms with van der Waals surface area (Å²) < 4.78 is 0. The van der Waals surface area contributed by atoms with Gasteiger partial charge in [-0.3, -0.25) is 9.69 Å². The van der Waals surface area contributed by atoms with Crippen LogP contribution >= 0.6 is 36.4 Å². The highest BCUT2D eigenvalue weighted by atomic mass is 35.5. The second kappa shape index (κ2) is 11.5. The molecule has 1 saturated heterocycles. The summed E-state index contributed by atoms with van der Waals surface area (Å²) in [6, 6.07) is 12.0. The van der Waals surface area contributed by atoms with Crippen LogP contribution < -0.4 is 5.32 Å². The van der Waals surface area contributed by atoms with Crippen LogP contribution in [0.25, 0.3) is 0 Å². The van der Waals surface area contributed by atoms with Crippen LogP contribution in [-0.2, 0) is 6.54 Å². The molecule has 1 aliphatic heterocycles. The van der Waals surface area contributed by atoms with Gasteiger partial charge in [-0.15, -0.1) is 24.8 Å². The number of piperazine rings is 1. The number of hydrogen-bond donors (Lipinski definition) is 1. The van der Waals surface area contributed by atoms with Gasteiger partial charge in [0, 0.05) is 50.5 Å². The Bertz CT molecular complexity index is 730. The molecule has 1 aromatic carbocycles. The van der Waals surface area contributed by atoms with E-state index in [1.807, 2.05) is 35.2 Å². The molecule has 2 aromatic rings. The molecule has 0 aliphatic carbocycles. The molecule has 0 saturated carbocycles. The predicted molar refractivity (Wildman–Crippen MR) is 120 cm³/mol. The number of nitrogens with zero attached hydrogens (tertiary/aromatic N) is 3. The van der Waals surface area contributed by atoms with Crippen molar-refractivity contribution in [3.8, 4) is 0 Å². The lowest BCUT2D eigenvalue weighted by Crippen LogP contribution is -2.50. The van der Waals surface area contributed by atoms with Crippen molar-refractivity contribution in [1.82, 2.24) is 14.8 Å². The molecule has 1 N–H and O–H groups in total. The minimum Gasteiger partial charge on any atom is -0.366 e. The number of anilines is 1. The van der Waals surface area contributed by atoms with Crippen LogP contribution in [0.3, 0.4) is 0 Å². The highest BCUT2D eigenvalue weighted by Crippen LogP contribution is 2.14. The Morgan fingerprint density at radius 1 is 1.07 bits per heavy atom. The third kappa shape index (κ3) is 6.52. The number of nitrogens with one attached hydrogen (secondary N) is 1. The third-order valence-electron chi connectivity index (χ3n) is 4.73. The molecular formula is C20H27Cl3N4O. The highest BCUT2D eigenvalue weighted by molar-refractivity contribution is 6.30. The first-order chi connectivity index (χ1) is 12.5. The molecule has 1 aliphatic rings. The van der Waals surface area contributed by atoms with E-state index in [0.717, 1.165) is 43.1 Å². The van der Waals surface area contributed by atoms with Gasteiger partial charge in [0.2, 0.25) is 0 Å². The van der Waals surface area contributed by atoms with Crippen LogP contribution in [0, 0.1) is 0 Å². The van der Waals surface area contributed by atoms with E-state index < -0.39 is 0 Å². The zero-order valence-corrected chi connectivity index (χ0v) is 18.5. The van der Waals surface area contributed by atoms with E-state index in [4.69, 9.17) is 11.6 Å². The molecule has 1 fully saturated rings. The smallest absolute Gasteiger partial charge is 0.253 e. The third-order valence-corrected chi connectivity index (χ3v) is 4.96. The maximum Gasteiger partial charge on any atom is 0.253 e. The van der Waals surface area contributed by atoms with Crippen molar-refractivity contribution < 1.29 is 4.79 Å². The second-order valence-electron chi connectivity index (χ2n) is 6.83. The summed E-state index contributed by atoms with van der Waals surface area (Å²) in [5, 5.41) is 3.86. The van der Waals surface area contributed by atoms with Crippen LogP contribution in [0.1, 0.15) is 29.8 Å². The average molecular weight is 446 g/mol. The zero-order valence-electron chi connectivity index (χ0n) is 16.1. The SMILES string of the molecule is CC(C)N1CCN(C(=O)c2ccc(CNc3ccc(Cl)cn3)cc2)CC1.Cl.Cl. The van der Waals surface area contributed by atoms with Gasteiger partial charge in [-0.1, -0.05) is 23.7 Å². The Balaban J connectivity index is 0.00000196. The van der Waals surface area contributed by atoms with Gasteiger partial charge in [0.1, 0.15) is 5.82 Å². The maximum absolute atomic E-state index is 12.7. The lowest BCUT2D eigenvalue weighted by atomic mass is 10.1. The Kier molecular flexibility index (Phi) is 10.0. The average Bonchev–Trinajstić information content (AvgIpc) is 2.67. The molecule has 0 atom stereocenters. The van der Waals surface area contributed by atoms with Crippen LogP contribution in [0.15, 0.2) is 42.6 Å². The van der Waals surface area contributed by atoms with Crippen molar-refractivity contribution in [2.75, 3.05) is 31.5 Å². The number of aromatic nitrogens is 1. The quantitative estimate of drug-likeness (QED) is 0.743. The van der Waals surface area contributed by atoms with Crippen LogP contribution in [0.2, 0.25) is 5.02 Å². The van der Waals surface area contributed by atoms with Crippen LogP contribution in [-0.4, -0.2) is 52.9 Å². The van der Waals surface area contributed by atoms with Gasteiger partial charge in [-0.05, 0) is 43.7 Å². The maximum atomic E-state index is 12.7. The molecule has 3 rings (SSSR count). The fourth-order valence-electron chi connectivity index (χ4n) is 3.06. The van der Waals surface area contributed by atoms with Gasteiger partial charge in [-0.2, -0.15) is 0 Å². The molecule has 0 spiro atoms. The molecule has 0 bridgehead atoms. The van der Waals surface area contributed by atoms with E-state index in [0.29, 0.717) is 17.6 Å². The van der Waals surface area contributed by atoms with Gasteiger partial charge in [0.05, 0.1) is 5.02 Å². The first kappa shape index (κ1) is 24.5. The molecule has 28 heavy (non-hydrogen) atoms. The summed E-state index contributed by atoms with van der Waals surface area (Å²) in [7, 11) is 0. The number of pyridine rings is 1. The molecule has 8 heteroatoms. The Morgan fingerprint density at radius 3 is 2.25 bits per heavy atom. The number of carbonyl (C=O) groups excluding carboxylic acids is 1. The van der Waals surface area contributed by atoms with E-state index >= 15 is 0 Å². The molecule has 5 nitrogen and oxygen atoms in total. The molecule has 1 aromatic heterocycles. The number of halogens is 3. The molecule has 2 heterocycles. The summed E-state index contributed by atoms with van der Waals surface area (Å²) in [4.78, 5) is 21.2. The molecule has 0 radical (unpaired) electrons. The van der Waals surface area contributed by atoms with Gasteiger partial charge >= 0.3 is 0 Å². The summed E-state index contributed by atoms with van der Waals surface area (Å²) >= 11 is 5.83. The number of benzene rings is 1. The number of hydrogen-bond acceptors (Lipinski definition) is 4. The first-order valence-corrected chi connectivity index (χ1v) is 9.38. The van der Waals surface area contributed by atoms with Crippen molar-refractivity contribution in [3.05, 3.63) is 58.7 Å². The summed E-state index contributed by atoms with van der Waals surface area (Å²) in [6.07, 6.45) is 1.62. The van der Waals surface area contributed by atoms with Gasteiger partial charge in [0.15, 0.2) is 0 Å². The van der Waals surface area contributed by atoms with E-state index in [1.54, 1.807) is 12.3 Å². The standard InChI is InChI=1S/C20H25ClN4O.2ClH/c1-15(2)24-9-11-25(12-10-24)20(26)17-5-3-16(4-6-17)13-22-19-8-7-18(21)14-23-19;;/h3-8,14-15H,9-13H2,1-2H3,(H,22,23);2*1H. The summed E-state index contributed by atoms with van der Waals surface area (Å²) in [6.45, 7) is 8.52. The van der Waals surface area contributed by atoms with E-state index in [-0.39, 0.29) is 30.7 Å². The van der Waals surface area contributed by atoms with E-state index in [2.05, 4.69) is 29.0 Å². The van der Waals surface area contributed by atoms with Crippen molar-refractivity contribution in [3.63, 3.8) is 0 Å². The Labute approximate surface area is 184 Å². The van der Waals surface area contributed by atoms with Crippen molar-refractivity contribution in [2.24, 2.45) is 0 Å². The normalized spacial score (nSPS) is 14.2. The highest BCUT2D eigenvalue weighted by Gasteiger charge is 2.23. The molecular weight excluding hydrogens is 419 g/mol. The van der Waals surface area contributed by atoms with Gasteiger partial charge < -0.3 is 10.2 Å². The zero-order chi connectivity index (χ0) is 18.5. The largest absolute Gasteiger partial charge is 0.366 e. The van der Waals surface area contributed by atoms with Crippen LogP contribution in [0.5, 0.6) is 0 Å². The molecule has 1 amide bonds. The Morgan fingerprint density at radius 2 is 1.71 bits per heavy atom. The monoisotopic (exact) mass is 444 g/mol. The predicted octanol–water partition coefficient (Wildman–Crippen LogP) is 4.36. The van der Waals surface area contributed by atoms with Crippen LogP contribution in [0.4, 0.5) is 5.82 Å². The van der Waals surface area contributed by atoms with Crippen molar-refractivity contribution in [1.29, 1.82) is 0 Å². The van der Waals surface area contributed by atoms with Gasteiger partial charge in [0.25, 0.3) is 5.91 Å². The Hall–Kier alpha value is -1.53. The molecule has 0 unspecified atom stereocenters. The summed E-state index contributed by atoms with van der Waals surface area (Å²) in [5.74, 6) is 0.893. The number of amides is 1. The summed E-state index contributed by atoms with van der Waals surface area (Å²) in [5.41, 5.74) is 1.85.